The summed E-state index contributed by atoms with van der Waals surface area (Å²) in [7, 11) is -4.08. The van der Waals surface area contributed by atoms with Crippen LogP contribution < -0.4 is 10.5 Å². The van der Waals surface area contributed by atoms with E-state index < -0.39 is 40.7 Å². The van der Waals surface area contributed by atoms with Crippen molar-refractivity contribution in [2.24, 2.45) is 0 Å². The molecule has 166 valence electrons. The van der Waals surface area contributed by atoms with Crippen LogP contribution in [0, 0.1) is 6.92 Å². The van der Waals surface area contributed by atoms with Gasteiger partial charge < -0.3 is 10.8 Å². The number of alkyl halides is 3. The van der Waals surface area contributed by atoms with E-state index in [2.05, 4.69) is 14.9 Å². The molecule has 1 heterocycles. The number of anilines is 1. The molecule has 0 atom stereocenters. The van der Waals surface area contributed by atoms with Crippen molar-refractivity contribution < 1.29 is 26.7 Å². The molecule has 3 aromatic rings. The van der Waals surface area contributed by atoms with Crippen LogP contribution in [0.2, 0.25) is 5.02 Å². The lowest BCUT2D eigenvalue weighted by molar-refractivity contribution is -0.290. The summed E-state index contributed by atoms with van der Waals surface area (Å²) in [4.78, 5) is -0.101. The molecule has 12 heteroatoms. The van der Waals surface area contributed by atoms with Crippen molar-refractivity contribution in [2.75, 3.05) is 5.73 Å². The second-order valence-corrected chi connectivity index (χ2v) is 9.78. The minimum atomic E-state index is -4.80. The van der Waals surface area contributed by atoms with E-state index >= 15 is 0 Å². The Labute approximate surface area is 180 Å². The van der Waals surface area contributed by atoms with E-state index in [1.54, 1.807) is 25.1 Å². The van der Waals surface area contributed by atoms with Crippen LogP contribution in [-0.2, 0) is 10.0 Å². The van der Waals surface area contributed by atoms with Gasteiger partial charge in [-0.15, -0.1) is 0 Å². The molecule has 5 N–H and O–H groups in total. The number of benzene rings is 2. The number of hydrogen-bond acceptors (Lipinski definition) is 5. The second-order valence-electron chi connectivity index (χ2n) is 7.69. The lowest BCUT2D eigenvalue weighted by Gasteiger charge is -2.44. The maximum atomic E-state index is 12.8. The van der Waals surface area contributed by atoms with Crippen molar-refractivity contribution in [1.82, 2.24) is 14.9 Å². The SMILES string of the molecule is Cc1cc(S(=O)(=O)NC2CC(O)(C(F)(F)F)C2)ccc1-c1ccc2[nH]nc(N)c2c1Cl. The minimum Gasteiger partial charge on any atom is -0.382 e. The number of hydrogen-bond donors (Lipinski definition) is 4. The van der Waals surface area contributed by atoms with E-state index in [0.717, 1.165) is 0 Å². The number of aliphatic hydroxyl groups is 1. The summed E-state index contributed by atoms with van der Waals surface area (Å²) in [5, 5.41) is 17.1. The Morgan fingerprint density at radius 1 is 1.26 bits per heavy atom. The van der Waals surface area contributed by atoms with Gasteiger partial charge in [-0.2, -0.15) is 18.3 Å². The van der Waals surface area contributed by atoms with Gasteiger partial charge in [-0.05, 0) is 36.2 Å². The van der Waals surface area contributed by atoms with E-state index in [-0.39, 0.29) is 10.7 Å². The van der Waals surface area contributed by atoms with Crippen LogP contribution in [0.25, 0.3) is 22.0 Å². The Morgan fingerprint density at radius 2 is 1.90 bits per heavy atom. The molecule has 0 spiro atoms. The van der Waals surface area contributed by atoms with Gasteiger partial charge in [0.15, 0.2) is 11.4 Å². The second kappa shape index (κ2) is 7.09. The van der Waals surface area contributed by atoms with Crippen molar-refractivity contribution in [1.29, 1.82) is 0 Å². The maximum Gasteiger partial charge on any atom is 0.417 e. The molecule has 31 heavy (non-hydrogen) atoms. The van der Waals surface area contributed by atoms with Crippen LogP contribution >= 0.6 is 11.6 Å². The van der Waals surface area contributed by atoms with Gasteiger partial charge in [0.05, 0.1) is 20.8 Å². The first-order chi connectivity index (χ1) is 14.3. The molecule has 7 nitrogen and oxygen atoms in total. The Balaban J connectivity index is 1.60. The van der Waals surface area contributed by atoms with Crippen LogP contribution in [0.15, 0.2) is 35.2 Å². The molecule has 1 saturated carbocycles. The zero-order chi connectivity index (χ0) is 22.8. The predicted molar refractivity (Wildman–Crippen MR) is 110 cm³/mol. The third-order valence-corrected chi connectivity index (χ3v) is 7.42. The molecule has 0 saturated heterocycles. The van der Waals surface area contributed by atoms with Gasteiger partial charge in [0.1, 0.15) is 0 Å². The summed E-state index contributed by atoms with van der Waals surface area (Å²) in [5.41, 5.74) is 5.54. The van der Waals surface area contributed by atoms with Gasteiger partial charge >= 0.3 is 6.18 Å². The van der Waals surface area contributed by atoms with Crippen LogP contribution in [0.4, 0.5) is 19.0 Å². The number of sulfonamides is 1. The summed E-state index contributed by atoms with van der Waals surface area (Å²) in [6, 6.07) is 6.83. The number of aromatic nitrogens is 2. The number of nitrogens with zero attached hydrogens (tertiary/aromatic N) is 1. The van der Waals surface area contributed by atoms with E-state index in [1.807, 2.05) is 0 Å². The highest BCUT2D eigenvalue weighted by atomic mass is 35.5. The Hall–Kier alpha value is -2.34. The van der Waals surface area contributed by atoms with Crippen LogP contribution in [0.1, 0.15) is 18.4 Å². The molecule has 0 unspecified atom stereocenters. The smallest absolute Gasteiger partial charge is 0.382 e. The zero-order valence-electron chi connectivity index (χ0n) is 16.1. The fraction of sp³-hybridized carbons (Fsp3) is 0.316. The van der Waals surface area contributed by atoms with Gasteiger partial charge in [0.2, 0.25) is 10.0 Å². The molecular formula is C19H18ClF3N4O3S. The average molecular weight is 475 g/mol. The first-order valence-electron chi connectivity index (χ1n) is 9.17. The van der Waals surface area contributed by atoms with E-state index in [4.69, 9.17) is 17.3 Å². The monoisotopic (exact) mass is 474 g/mol. The van der Waals surface area contributed by atoms with Crippen molar-refractivity contribution in [3.63, 3.8) is 0 Å². The number of nitrogens with two attached hydrogens (primary N) is 1. The van der Waals surface area contributed by atoms with E-state index in [9.17, 15) is 26.7 Å². The number of H-pyrrole nitrogens is 1. The summed E-state index contributed by atoms with van der Waals surface area (Å²) < 4.78 is 65.7. The topological polar surface area (TPSA) is 121 Å². The standard InChI is InChI=1S/C19H18ClF3N4O3S/c1-9-6-11(31(29,30)27-10-7-18(28,8-10)19(21,22)23)2-3-12(9)13-4-5-14-15(16(13)20)17(24)26-25-14/h2-6,10,27-28H,7-8H2,1H3,(H3,24,25,26). The fourth-order valence-electron chi connectivity index (χ4n) is 3.77. The first kappa shape index (κ1) is 21.9. The lowest BCUT2D eigenvalue weighted by Crippen LogP contribution is -2.62. The third kappa shape index (κ3) is 3.65. The normalized spacial score (nSPS) is 21.9. The number of nitrogens with one attached hydrogen (secondary N) is 2. The molecule has 1 aliphatic carbocycles. The quantitative estimate of drug-likeness (QED) is 0.461. The minimum absolute atomic E-state index is 0.101. The fourth-order valence-corrected chi connectivity index (χ4v) is 5.45. The Bertz CT molecular complexity index is 1280. The summed E-state index contributed by atoms with van der Waals surface area (Å²) in [6.45, 7) is 1.69. The average Bonchev–Trinajstić information content (AvgIpc) is 3.02. The summed E-state index contributed by atoms with van der Waals surface area (Å²) >= 11 is 6.50. The van der Waals surface area contributed by atoms with E-state index in [0.29, 0.717) is 32.6 Å². The van der Waals surface area contributed by atoms with Gasteiger partial charge in [-0.25, -0.2) is 13.1 Å². The Morgan fingerprint density at radius 3 is 2.52 bits per heavy atom. The Kier molecular flexibility index (Phi) is 5.00. The number of nitrogen functional groups attached to an aromatic ring is 1. The molecular weight excluding hydrogens is 457 g/mol. The van der Waals surface area contributed by atoms with Gasteiger partial charge in [-0.1, -0.05) is 23.7 Å². The van der Waals surface area contributed by atoms with Crippen molar-refractivity contribution in [3.05, 3.63) is 40.9 Å². The highest BCUT2D eigenvalue weighted by molar-refractivity contribution is 7.89. The number of aryl methyl sites for hydroxylation is 1. The number of rotatable bonds is 4. The number of fused-ring (bicyclic) bond motifs is 1. The van der Waals surface area contributed by atoms with Gasteiger partial charge in [0, 0.05) is 24.4 Å². The molecule has 1 aliphatic rings. The molecule has 1 fully saturated rings. The highest BCUT2D eigenvalue weighted by Crippen LogP contribution is 2.45. The predicted octanol–water partition coefficient (Wildman–Crippen LogP) is 3.51. The number of halogens is 4. The van der Waals surface area contributed by atoms with Crippen molar-refractivity contribution in [3.8, 4) is 11.1 Å². The van der Waals surface area contributed by atoms with Crippen LogP contribution in [0.3, 0.4) is 0 Å². The van der Waals surface area contributed by atoms with Gasteiger partial charge in [0.25, 0.3) is 0 Å². The lowest BCUT2D eigenvalue weighted by atomic mass is 9.76. The molecule has 4 rings (SSSR count). The summed E-state index contributed by atoms with van der Waals surface area (Å²) in [6.07, 6.45) is -6.25. The van der Waals surface area contributed by atoms with Crippen LogP contribution in [0.5, 0.6) is 0 Å². The molecule has 0 aliphatic heterocycles. The molecule has 0 bridgehead atoms. The zero-order valence-corrected chi connectivity index (χ0v) is 17.7. The molecule has 0 radical (unpaired) electrons. The van der Waals surface area contributed by atoms with Crippen molar-refractivity contribution >= 4 is 38.3 Å². The molecule has 1 aromatic heterocycles. The van der Waals surface area contributed by atoms with Crippen LogP contribution in [-0.4, -0.2) is 41.5 Å². The third-order valence-electron chi connectivity index (χ3n) is 5.51. The maximum absolute atomic E-state index is 12.8. The van der Waals surface area contributed by atoms with Gasteiger partial charge in [-0.3, -0.25) is 5.10 Å². The van der Waals surface area contributed by atoms with E-state index in [1.165, 1.54) is 12.1 Å². The summed E-state index contributed by atoms with van der Waals surface area (Å²) in [5.74, 6) is 0.238. The highest BCUT2D eigenvalue weighted by Gasteiger charge is 2.61. The number of aromatic amines is 1. The largest absolute Gasteiger partial charge is 0.417 e. The molecule has 2 aromatic carbocycles. The van der Waals surface area contributed by atoms with Crippen molar-refractivity contribution in [2.45, 2.75) is 42.5 Å². The first-order valence-corrected chi connectivity index (χ1v) is 11.0. The molecule has 0 amide bonds.